The van der Waals surface area contributed by atoms with Crippen molar-refractivity contribution in [2.24, 2.45) is 0 Å². The molecular formula is C11H13N3O3. The summed E-state index contributed by atoms with van der Waals surface area (Å²) < 4.78 is 2.74. The molecule has 0 aliphatic carbocycles. The third-order valence-corrected chi connectivity index (χ3v) is 2.26. The third kappa shape index (κ3) is 2.13. The summed E-state index contributed by atoms with van der Waals surface area (Å²) in [4.78, 5) is 35.4. The Labute approximate surface area is 97.4 Å². The molecule has 0 aliphatic heterocycles. The van der Waals surface area contributed by atoms with E-state index in [1.54, 1.807) is 6.92 Å². The molecular weight excluding hydrogens is 222 g/mol. The van der Waals surface area contributed by atoms with Crippen LogP contribution in [0.1, 0.15) is 6.92 Å². The lowest BCUT2D eigenvalue weighted by Gasteiger charge is -2.09. The number of nitrogens with zero attached hydrogens (tertiary/aromatic N) is 3. The molecule has 0 amide bonds. The average Bonchev–Trinajstić information content (AvgIpc) is 2.31. The topological polar surface area (TPSA) is 66.0 Å². The van der Waals surface area contributed by atoms with Crippen LogP contribution in [0.5, 0.6) is 0 Å². The van der Waals surface area contributed by atoms with Crippen LogP contribution in [0.15, 0.2) is 27.0 Å². The Morgan fingerprint density at radius 1 is 1.18 bits per heavy atom. The Bertz CT molecular complexity index is 640. The number of rotatable bonds is 4. The summed E-state index contributed by atoms with van der Waals surface area (Å²) in [5.74, 6) is 2.21. The molecule has 0 atom stereocenters. The van der Waals surface area contributed by atoms with Crippen LogP contribution in [0, 0.1) is 12.3 Å². The van der Waals surface area contributed by atoms with Gasteiger partial charge in [0.2, 0.25) is 0 Å². The van der Waals surface area contributed by atoms with Crippen LogP contribution in [0.4, 0.5) is 0 Å². The molecule has 0 fully saturated rings. The van der Waals surface area contributed by atoms with E-state index in [4.69, 9.17) is 6.42 Å². The maximum atomic E-state index is 11.8. The van der Waals surface area contributed by atoms with Crippen LogP contribution in [0.3, 0.4) is 0 Å². The molecule has 0 saturated heterocycles. The van der Waals surface area contributed by atoms with Crippen molar-refractivity contribution in [1.82, 2.24) is 13.7 Å². The first-order chi connectivity index (χ1) is 8.08. The van der Waals surface area contributed by atoms with Gasteiger partial charge in [0.15, 0.2) is 0 Å². The van der Waals surface area contributed by atoms with Crippen molar-refractivity contribution in [3.8, 4) is 12.3 Å². The summed E-state index contributed by atoms with van der Waals surface area (Å²) in [7, 11) is 0. The van der Waals surface area contributed by atoms with Crippen molar-refractivity contribution in [1.29, 1.82) is 0 Å². The molecule has 0 aliphatic rings. The van der Waals surface area contributed by atoms with Crippen LogP contribution in [0.25, 0.3) is 0 Å². The van der Waals surface area contributed by atoms with Gasteiger partial charge in [-0.2, -0.15) is 0 Å². The van der Waals surface area contributed by atoms with E-state index in [9.17, 15) is 14.4 Å². The lowest BCUT2D eigenvalue weighted by Crippen LogP contribution is -2.54. The summed E-state index contributed by atoms with van der Waals surface area (Å²) in [6.07, 6.45) is 6.50. The van der Waals surface area contributed by atoms with Gasteiger partial charge in [0, 0.05) is 6.54 Å². The Morgan fingerprint density at radius 2 is 1.71 bits per heavy atom. The number of aromatic nitrogens is 3. The Balaban J connectivity index is 3.77. The van der Waals surface area contributed by atoms with Gasteiger partial charge in [-0.1, -0.05) is 12.0 Å². The van der Waals surface area contributed by atoms with Crippen molar-refractivity contribution in [3.05, 3.63) is 44.1 Å². The molecule has 0 spiro atoms. The minimum absolute atomic E-state index is 0.0442. The molecule has 6 heteroatoms. The number of hydrogen-bond acceptors (Lipinski definition) is 3. The molecule has 0 radical (unpaired) electrons. The van der Waals surface area contributed by atoms with E-state index in [1.165, 1.54) is 6.08 Å². The summed E-state index contributed by atoms with van der Waals surface area (Å²) in [5.41, 5.74) is -2.03. The molecule has 1 rings (SSSR count). The fourth-order valence-corrected chi connectivity index (χ4v) is 1.46. The van der Waals surface area contributed by atoms with E-state index < -0.39 is 17.1 Å². The Kier molecular flexibility index (Phi) is 3.88. The van der Waals surface area contributed by atoms with Gasteiger partial charge in [0.1, 0.15) is 0 Å². The Hall–Kier alpha value is -2.29. The molecule has 1 aromatic rings. The molecule has 90 valence electrons. The zero-order valence-electron chi connectivity index (χ0n) is 9.55. The van der Waals surface area contributed by atoms with E-state index >= 15 is 0 Å². The summed E-state index contributed by atoms with van der Waals surface area (Å²) in [5, 5.41) is 0. The highest BCUT2D eigenvalue weighted by Crippen LogP contribution is 1.77. The maximum Gasteiger partial charge on any atom is 0.337 e. The number of hydrogen-bond donors (Lipinski definition) is 0. The monoisotopic (exact) mass is 235 g/mol. The smallest absolute Gasteiger partial charge is 0.247 e. The van der Waals surface area contributed by atoms with Crippen molar-refractivity contribution in [2.45, 2.75) is 26.6 Å². The molecule has 0 unspecified atom stereocenters. The molecule has 0 bridgehead atoms. The highest BCUT2D eigenvalue weighted by Gasteiger charge is 2.12. The minimum Gasteiger partial charge on any atom is -0.247 e. The molecule has 17 heavy (non-hydrogen) atoms. The van der Waals surface area contributed by atoms with Gasteiger partial charge in [-0.3, -0.25) is 0 Å². The van der Waals surface area contributed by atoms with E-state index in [2.05, 4.69) is 12.5 Å². The molecule has 0 saturated carbocycles. The zero-order chi connectivity index (χ0) is 13.0. The van der Waals surface area contributed by atoms with Gasteiger partial charge in [0.25, 0.3) is 0 Å². The standard InChI is InChI=1S/C11H13N3O3/c1-4-7-13-9(15)12(6-3)10(16)14(8-5-2)11(13)17/h1,5H,2,6-8H2,3H3. The highest BCUT2D eigenvalue weighted by molar-refractivity contribution is 4.89. The molecule has 0 aromatic carbocycles. The largest absolute Gasteiger partial charge is 0.337 e. The summed E-state index contributed by atoms with van der Waals surface area (Å²) >= 11 is 0. The lowest BCUT2D eigenvalue weighted by molar-refractivity contribution is 0.493. The van der Waals surface area contributed by atoms with Crippen LogP contribution >= 0.6 is 0 Å². The van der Waals surface area contributed by atoms with Gasteiger partial charge in [-0.25, -0.2) is 28.1 Å². The fourth-order valence-electron chi connectivity index (χ4n) is 1.46. The first-order valence-electron chi connectivity index (χ1n) is 5.07. The molecule has 0 N–H and O–H groups in total. The second-order valence-corrected chi connectivity index (χ2v) is 3.28. The minimum atomic E-state index is -0.706. The van der Waals surface area contributed by atoms with Gasteiger partial charge < -0.3 is 0 Å². The SMILES string of the molecule is C#CCn1c(=O)n(CC)c(=O)n(CC=C)c1=O. The summed E-state index contributed by atoms with van der Waals surface area (Å²) in [6.45, 7) is 5.17. The quantitative estimate of drug-likeness (QED) is 0.497. The van der Waals surface area contributed by atoms with E-state index in [1.807, 2.05) is 0 Å². The van der Waals surface area contributed by atoms with Crippen molar-refractivity contribution in [3.63, 3.8) is 0 Å². The highest BCUT2D eigenvalue weighted by atomic mass is 16.2. The van der Waals surface area contributed by atoms with Crippen LogP contribution < -0.4 is 17.1 Å². The predicted octanol–water partition coefficient (Wildman–Crippen LogP) is -0.989. The normalized spacial score (nSPS) is 9.88. The first kappa shape index (κ1) is 12.8. The van der Waals surface area contributed by atoms with Gasteiger partial charge in [-0.15, -0.1) is 13.0 Å². The van der Waals surface area contributed by atoms with E-state index in [-0.39, 0.29) is 19.6 Å². The Morgan fingerprint density at radius 3 is 2.18 bits per heavy atom. The molecule has 1 aromatic heterocycles. The van der Waals surface area contributed by atoms with Crippen molar-refractivity contribution < 1.29 is 0 Å². The predicted molar refractivity (Wildman–Crippen MR) is 63.9 cm³/mol. The van der Waals surface area contributed by atoms with E-state index in [0.29, 0.717) is 0 Å². The van der Waals surface area contributed by atoms with Crippen LogP contribution in [0.2, 0.25) is 0 Å². The summed E-state index contributed by atoms with van der Waals surface area (Å²) in [6, 6.07) is 0. The van der Waals surface area contributed by atoms with Gasteiger partial charge >= 0.3 is 17.1 Å². The van der Waals surface area contributed by atoms with Gasteiger partial charge in [-0.05, 0) is 6.92 Å². The average molecular weight is 235 g/mol. The maximum absolute atomic E-state index is 11.8. The van der Waals surface area contributed by atoms with Crippen LogP contribution in [-0.2, 0) is 19.6 Å². The molecule has 6 nitrogen and oxygen atoms in total. The molecule has 1 heterocycles. The number of terminal acetylenes is 1. The first-order valence-corrected chi connectivity index (χ1v) is 5.07. The second-order valence-electron chi connectivity index (χ2n) is 3.28. The lowest BCUT2D eigenvalue weighted by atomic mass is 10.5. The van der Waals surface area contributed by atoms with Gasteiger partial charge in [0.05, 0.1) is 13.1 Å². The van der Waals surface area contributed by atoms with Crippen molar-refractivity contribution in [2.75, 3.05) is 0 Å². The van der Waals surface area contributed by atoms with Crippen molar-refractivity contribution >= 4 is 0 Å². The van der Waals surface area contributed by atoms with Crippen LogP contribution in [-0.4, -0.2) is 13.7 Å². The second kappa shape index (κ2) is 5.16. The van der Waals surface area contributed by atoms with E-state index in [0.717, 1.165) is 13.7 Å². The third-order valence-electron chi connectivity index (χ3n) is 2.26. The number of allylic oxidation sites excluding steroid dienone is 1. The fraction of sp³-hybridized carbons (Fsp3) is 0.364. The zero-order valence-corrected chi connectivity index (χ0v) is 9.55.